The van der Waals surface area contributed by atoms with Crippen LogP contribution in [0.1, 0.15) is 110 Å². The topological polar surface area (TPSA) is 0 Å². The van der Waals surface area contributed by atoms with Crippen LogP contribution in [0.15, 0.2) is 0 Å². The standard InChI is InChI=1S/C23H48NS/c1-3-4-5-6-7-8-9-10-11-12-13-14-15-18-22-25-23-21-24(2)19-16-17-20-24/h3-23H2,1-2H3/q+1. The lowest BCUT2D eigenvalue weighted by atomic mass is 10.0. The van der Waals surface area contributed by atoms with E-state index >= 15 is 0 Å². The Labute approximate surface area is 164 Å². The molecule has 1 fully saturated rings. The molecule has 0 aromatic heterocycles. The first-order chi connectivity index (χ1) is 12.3. The van der Waals surface area contributed by atoms with Crippen molar-refractivity contribution in [3.05, 3.63) is 0 Å². The highest BCUT2D eigenvalue weighted by Gasteiger charge is 2.25. The molecule has 1 heterocycles. The maximum absolute atomic E-state index is 2.46. The maximum Gasteiger partial charge on any atom is 0.0876 e. The van der Waals surface area contributed by atoms with E-state index in [0.717, 1.165) is 0 Å². The van der Waals surface area contributed by atoms with Crippen molar-refractivity contribution in [1.82, 2.24) is 0 Å². The van der Waals surface area contributed by atoms with Crippen LogP contribution >= 0.6 is 11.8 Å². The number of rotatable bonds is 18. The normalized spacial score (nSPS) is 16.6. The van der Waals surface area contributed by atoms with Gasteiger partial charge in [0.1, 0.15) is 0 Å². The SMILES string of the molecule is CCCCCCCCCCCCCCCCSCC[N+]1(C)CCCC1. The summed E-state index contributed by atoms with van der Waals surface area (Å²) in [7, 11) is 2.46. The van der Waals surface area contributed by atoms with Gasteiger partial charge in [-0.1, -0.05) is 90.4 Å². The summed E-state index contributed by atoms with van der Waals surface area (Å²) in [5.74, 6) is 2.78. The van der Waals surface area contributed by atoms with Crippen molar-refractivity contribution in [2.75, 3.05) is 38.2 Å². The van der Waals surface area contributed by atoms with Gasteiger partial charge in [0.15, 0.2) is 0 Å². The second-order valence-electron chi connectivity index (χ2n) is 8.71. The van der Waals surface area contributed by atoms with Gasteiger partial charge in [-0.05, 0) is 12.2 Å². The summed E-state index contributed by atoms with van der Waals surface area (Å²) in [5, 5.41) is 0. The van der Waals surface area contributed by atoms with Crippen molar-refractivity contribution in [3.8, 4) is 0 Å². The van der Waals surface area contributed by atoms with Crippen LogP contribution in [0.5, 0.6) is 0 Å². The Hall–Kier alpha value is 0.310. The third-order valence-corrected chi connectivity index (χ3v) is 7.11. The molecule has 0 unspecified atom stereocenters. The minimum atomic E-state index is 1.35. The van der Waals surface area contributed by atoms with Crippen LogP contribution in [0.3, 0.4) is 0 Å². The molecular formula is C23H48NS+. The molecule has 0 atom stereocenters. The number of quaternary nitrogens is 1. The second-order valence-corrected chi connectivity index (χ2v) is 9.93. The fourth-order valence-corrected chi connectivity index (χ4v) is 5.29. The summed E-state index contributed by atoms with van der Waals surface area (Å²) in [5.41, 5.74) is 0. The van der Waals surface area contributed by atoms with Gasteiger partial charge in [0, 0.05) is 18.6 Å². The van der Waals surface area contributed by atoms with Crippen LogP contribution in [0, 0.1) is 0 Å². The van der Waals surface area contributed by atoms with E-state index in [1.54, 1.807) is 0 Å². The Bertz CT molecular complexity index is 273. The van der Waals surface area contributed by atoms with Crippen LogP contribution in [-0.2, 0) is 0 Å². The van der Waals surface area contributed by atoms with Gasteiger partial charge in [-0.15, -0.1) is 0 Å². The monoisotopic (exact) mass is 370 g/mol. The molecular weight excluding hydrogens is 322 g/mol. The third-order valence-electron chi connectivity index (χ3n) is 6.06. The fourth-order valence-electron chi connectivity index (χ4n) is 4.11. The Morgan fingerprint density at radius 1 is 0.600 bits per heavy atom. The average Bonchev–Trinajstić information content (AvgIpc) is 3.04. The molecule has 0 aromatic rings. The van der Waals surface area contributed by atoms with Crippen LogP contribution in [0.4, 0.5) is 0 Å². The summed E-state index contributed by atoms with van der Waals surface area (Å²) >= 11 is 2.21. The molecule has 0 radical (unpaired) electrons. The van der Waals surface area contributed by atoms with Crippen LogP contribution in [0.25, 0.3) is 0 Å². The highest BCUT2D eigenvalue weighted by atomic mass is 32.2. The third kappa shape index (κ3) is 14.1. The Morgan fingerprint density at radius 3 is 1.52 bits per heavy atom. The van der Waals surface area contributed by atoms with Crippen molar-refractivity contribution in [1.29, 1.82) is 0 Å². The van der Waals surface area contributed by atoms with E-state index in [2.05, 4.69) is 25.7 Å². The predicted octanol–water partition coefficient (Wildman–Crippen LogP) is 7.44. The van der Waals surface area contributed by atoms with E-state index in [9.17, 15) is 0 Å². The lowest BCUT2D eigenvalue weighted by molar-refractivity contribution is -0.895. The number of likely N-dealkylation sites (tertiary alicyclic amines) is 1. The molecule has 1 saturated heterocycles. The van der Waals surface area contributed by atoms with Gasteiger partial charge in [0.2, 0.25) is 0 Å². The molecule has 0 spiro atoms. The molecule has 150 valence electrons. The van der Waals surface area contributed by atoms with Gasteiger partial charge in [0.05, 0.1) is 26.7 Å². The van der Waals surface area contributed by atoms with Gasteiger partial charge in [0.25, 0.3) is 0 Å². The van der Waals surface area contributed by atoms with Crippen molar-refractivity contribution in [2.45, 2.75) is 110 Å². The molecule has 1 rings (SSSR count). The lowest BCUT2D eigenvalue weighted by Gasteiger charge is -2.28. The Balaban J connectivity index is 1.68. The molecule has 0 N–H and O–H groups in total. The zero-order valence-corrected chi connectivity index (χ0v) is 18.5. The summed E-state index contributed by atoms with van der Waals surface area (Å²) < 4.78 is 1.35. The number of unbranched alkanes of at least 4 members (excludes halogenated alkanes) is 13. The van der Waals surface area contributed by atoms with Gasteiger partial charge in [-0.25, -0.2) is 0 Å². The van der Waals surface area contributed by atoms with Crippen molar-refractivity contribution >= 4 is 11.8 Å². The number of hydrogen-bond acceptors (Lipinski definition) is 1. The first-order valence-electron chi connectivity index (χ1n) is 11.7. The molecule has 1 aliphatic rings. The minimum Gasteiger partial charge on any atom is -0.325 e. The first-order valence-corrected chi connectivity index (χ1v) is 12.8. The lowest BCUT2D eigenvalue weighted by Crippen LogP contribution is -2.42. The van der Waals surface area contributed by atoms with E-state index in [1.807, 2.05) is 0 Å². The highest BCUT2D eigenvalue weighted by molar-refractivity contribution is 7.99. The molecule has 0 saturated carbocycles. The molecule has 0 bridgehead atoms. The van der Waals surface area contributed by atoms with Crippen LogP contribution in [0.2, 0.25) is 0 Å². The zero-order chi connectivity index (χ0) is 18.1. The Morgan fingerprint density at radius 2 is 1.04 bits per heavy atom. The minimum absolute atomic E-state index is 1.35. The van der Waals surface area contributed by atoms with Gasteiger partial charge >= 0.3 is 0 Å². The number of thioether (sulfide) groups is 1. The smallest absolute Gasteiger partial charge is 0.0876 e. The van der Waals surface area contributed by atoms with Crippen LogP contribution in [-0.4, -0.2) is 42.7 Å². The quantitative estimate of drug-likeness (QED) is 0.178. The van der Waals surface area contributed by atoms with Crippen molar-refractivity contribution in [3.63, 3.8) is 0 Å². The molecule has 1 nitrogen and oxygen atoms in total. The van der Waals surface area contributed by atoms with E-state index in [1.165, 1.54) is 138 Å². The molecule has 0 aliphatic carbocycles. The van der Waals surface area contributed by atoms with E-state index < -0.39 is 0 Å². The van der Waals surface area contributed by atoms with Gasteiger partial charge in [-0.2, -0.15) is 11.8 Å². The molecule has 0 aromatic carbocycles. The second kappa shape index (κ2) is 16.5. The van der Waals surface area contributed by atoms with E-state index in [-0.39, 0.29) is 0 Å². The summed E-state index contributed by atoms with van der Waals surface area (Å²) in [6.45, 7) is 6.57. The summed E-state index contributed by atoms with van der Waals surface area (Å²) in [6, 6.07) is 0. The molecule has 0 amide bonds. The van der Waals surface area contributed by atoms with E-state index in [4.69, 9.17) is 0 Å². The molecule has 1 aliphatic heterocycles. The van der Waals surface area contributed by atoms with Gasteiger partial charge in [-0.3, -0.25) is 0 Å². The molecule has 2 heteroatoms. The van der Waals surface area contributed by atoms with Gasteiger partial charge < -0.3 is 4.48 Å². The first kappa shape index (κ1) is 23.3. The van der Waals surface area contributed by atoms with E-state index in [0.29, 0.717) is 0 Å². The summed E-state index contributed by atoms with van der Waals surface area (Å²) in [6.07, 6.45) is 23.5. The Kier molecular flexibility index (Phi) is 15.4. The number of nitrogens with zero attached hydrogens (tertiary/aromatic N) is 1. The fraction of sp³-hybridized carbons (Fsp3) is 1.00. The largest absolute Gasteiger partial charge is 0.325 e. The highest BCUT2D eigenvalue weighted by Crippen LogP contribution is 2.18. The maximum atomic E-state index is 2.46. The average molecular weight is 371 g/mol. The molecule has 25 heavy (non-hydrogen) atoms. The zero-order valence-electron chi connectivity index (χ0n) is 17.7. The van der Waals surface area contributed by atoms with Crippen LogP contribution < -0.4 is 0 Å². The number of hydrogen-bond donors (Lipinski definition) is 0. The summed E-state index contributed by atoms with van der Waals surface area (Å²) in [4.78, 5) is 0. The van der Waals surface area contributed by atoms with Crippen molar-refractivity contribution in [2.24, 2.45) is 0 Å². The van der Waals surface area contributed by atoms with Crippen molar-refractivity contribution < 1.29 is 4.48 Å². The predicted molar refractivity (Wildman–Crippen MR) is 118 cm³/mol.